The normalized spacial score (nSPS) is 10.8. The first kappa shape index (κ1) is 16.9. The number of hydrogen-bond donors (Lipinski definition) is 1. The van der Waals surface area contributed by atoms with Gasteiger partial charge in [0, 0.05) is 18.7 Å². The van der Waals surface area contributed by atoms with Crippen molar-refractivity contribution in [3.8, 4) is 5.88 Å². The first-order valence-corrected chi connectivity index (χ1v) is 7.33. The molecule has 1 N–H and O–H groups in total. The summed E-state index contributed by atoms with van der Waals surface area (Å²) in [7, 11) is 0. The van der Waals surface area contributed by atoms with E-state index < -0.39 is 0 Å². The number of aromatic nitrogens is 1. The fraction of sp³-hybridized carbons (Fsp3) is 0.667. The Kier molecular flexibility index (Phi) is 8.91. The summed E-state index contributed by atoms with van der Waals surface area (Å²) in [5, 5.41) is 3.22. The highest BCUT2D eigenvalue weighted by Gasteiger charge is 2.07. The number of halogens is 1. The van der Waals surface area contributed by atoms with Gasteiger partial charge in [0.05, 0.1) is 12.8 Å². The van der Waals surface area contributed by atoms with Crippen LogP contribution in [0.15, 0.2) is 12.3 Å². The summed E-state index contributed by atoms with van der Waals surface area (Å²) in [5.74, 6) is 0.138. The van der Waals surface area contributed by atoms with Crippen LogP contribution in [-0.4, -0.2) is 31.3 Å². The fourth-order valence-corrected chi connectivity index (χ4v) is 1.67. The van der Waals surface area contributed by atoms with Gasteiger partial charge in [-0.15, -0.1) is 0 Å². The van der Waals surface area contributed by atoms with Crippen molar-refractivity contribution in [3.63, 3.8) is 0 Å². The van der Waals surface area contributed by atoms with Crippen LogP contribution in [0.25, 0.3) is 0 Å². The number of hydrogen-bond acceptors (Lipinski definition) is 4. The third-order valence-corrected chi connectivity index (χ3v) is 2.74. The second kappa shape index (κ2) is 10.6. The summed E-state index contributed by atoms with van der Waals surface area (Å²) >= 11 is 0. The molecule has 4 nitrogen and oxygen atoms in total. The van der Waals surface area contributed by atoms with Gasteiger partial charge in [-0.2, -0.15) is 0 Å². The molecule has 0 fully saturated rings. The van der Waals surface area contributed by atoms with Crippen molar-refractivity contribution in [1.29, 1.82) is 0 Å². The van der Waals surface area contributed by atoms with Gasteiger partial charge in [-0.05, 0) is 25.5 Å². The molecule has 0 saturated carbocycles. The van der Waals surface area contributed by atoms with E-state index >= 15 is 0 Å². The lowest BCUT2D eigenvalue weighted by atomic mass is 10.2. The van der Waals surface area contributed by atoms with Gasteiger partial charge in [-0.1, -0.05) is 20.3 Å². The average Bonchev–Trinajstić information content (AvgIpc) is 2.45. The molecule has 0 aromatic carbocycles. The van der Waals surface area contributed by atoms with E-state index in [0.29, 0.717) is 25.6 Å². The van der Waals surface area contributed by atoms with Crippen LogP contribution in [0.5, 0.6) is 5.88 Å². The highest BCUT2D eigenvalue weighted by atomic mass is 19.1. The maximum absolute atomic E-state index is 13.2. The molecule has 0 unspecified atom stereocenters. The van der Waals surface area contributed by atoms with Crippen molar-refractivity contribution in [2.24, 2.45) is 0 Å². The van der Waals surface area contributed by atoms with Crippen LogP contribution in [0, 0.1) is 5.82 Å². The van der Waals surface area contributed by atoms with Crippen molar-refractivity contribution >= 4 is 0 Å². The molecule has 1 aromatic rings. The highest BCUT2D eigenvalue weighted by molar-refractivity contribution is 5.26. The van der Waals surface area contributed by atoms with Gasteiger partial charge in [0.15, 0.2) is 0 Å². The van der Waals surface area contributed by atoms with Crippen LogP contribution in [0.2, 0.25) is 0 Å². The maximum atomic E-state index is 13.2. The Hall–Kier alpha value is -1.20. The Morgan fingerprint density at radius 1 is 1.20 bits per heavy atom. The molecule has 0 aliphatic carbocycles. The second-order valence-electron chi connectivity index (χ2n) is 4.61. The maximum Gasteiger partial charge on any atom is 0.218 e. The molecule has 0 atom stereocenters. The minimum absolute atomic E-state index is 0.343. The van der Waals surface area contributed by atoms with Crippen molar-refractivity contribution in [1.82, 2.24) is 10.3 Å². The van der Waals surface area contributed by atoms with Gasteiger partial charge < -0.3 is 14.8 Å². The molecule has 0 bridgehead atoms. The smallest absolute Gasteiger partial charge is 0.218 e. The summed E-state index contributed by atoms with van der Waals surface area (Å²) in [5.41, 5.74) is 0.743. The minimum atomic E-state index is -0.343. The lowest BCUT2D eigenvalue weighted by Crippen LogP contribution is -2.16. The Labute approximate surface area is 120 Å². The molecular weight excluding hydrogens is 259 g/mol. The first-order chi connectivity index (χ1) is 9.77. The van der Waals surface area contributed by atoms with E-state index in [9.17, 15) is 4.39 Å². The van der Waals surface area contributed by atoms with Crippen molar-refractivity contribution in [2.75, 3.05) is 26.4 Å². The predicted molar refractivity (Wildman–Crippen MR) is 77.4 cm³/mol. The minimum Gasteiger partial charge on any atom is -0.475 e. The number of ether oxygens (including phenoxy) is 2. The Bertz CT molecular complexity index is 375. The van der Waals surface area contributed by atoms with Crippen molar-refractivity contribution < 1.29 is 13.9 Å². The van der Waals surface area contributed by atoms with Gasteiger partial charge in [-0.25, -0.2) is 9.37 Å². The van der Waals surface area contributed by atoms with Gasteiger partial charge >= 0.3 is 0 Å². The van der Waals surface area contributed by atoms with Gasteiger partial charge in [-0.3, -0.25) is 0 Å². The number of nitrogens with one attached hydrogen (secondary N) is 1. The molecule has 5 heteroatoms. The van der Waals surface area contributed by atoms with E-state index in [1.165, 1.54) is 12.3 Å². The Morgan fingerprint density at radius 3 is 2.80 bits per heavy atom. The quantitative estimate of drug-likeness (QED) is 0.635. The monoisotopic (exact) mass is 284 g/mol. The molecule has 0 amide bonds. The van der Waals surface area contributed by atoms with E-state index in [-0.39, 0.29) is 5.82 Å². The van der Waals surface area contributed by atoms with Gasteiger partial charge in [0.25, 0.3) is 0 Å². The molecule has 0 aliphatic heterocycles. The van der Waals surface area contributed by atoms with Crippen LogP contribution in [0.1, 0.15) is 38.7 Å². The Morgan fingerprint density at radius 2 is 2.05 bits per heavy atom. The van der Waals surface area contributed by atoms with Crippen LogP contribution in [-0.2, 0) is 11.3 Å². The lowest BCUT2D eigenvalue weighted by molar-refractivity contribution is 0.0960. The molecule has 114 valence electrons. The lowest BCUT2D eigenvalue weighted by Gasteiger charge is -2.11. The Balaban J connectivity index is 2.38. The zero-order chi connectivity index (χ0) is 14.6. The predicted octanol–water partition coefficient (Wildman–Crippen LogP) is 2.92. The number of pyridine rings is 1. The molecule has 0 spiro atoms. The summed E-state index contributed by atoms with van der Waals surface area (Å²) in [6, 6.07) is 1.46. The number of rotatable bonds is 11. The molecular formula is C15H25FN2O2. The van der Waals surface area contributed by atoms with E-state index in [4.69, 9.17) is 9.47 Å². The average molecular weight is 284 g/mol. The summed E-state index contributed by atoms with van der Waals surface area (Å²) in [6.45, 7) is 7.37. The van der Waals surface area contributed by atoms with Crippen LogP contribution in [0.4, 0.5) is 4.39 Å². The molecule has 1 heterocycles. The van der Waals surface area contributed by atoms with Crippen molar-refractivity contribution in [2.45, 2.75) is 39.7 Å². The molecule has 0 saturated heterocycles. The van der Waals surface area contributed by atoms with Crippen LogP contribution >= 0.6 is 0 Å². The second-order valence-corrected chi connectivity index (χ2v) is 4.61. The zero-order valence-electron chi connectivity index (χ0n) is 12.5. The number of nitrogens with zero attached hydrogens (tertiary/aromatic N) is 1. The first-order valence-electron chi connectivity index (χ1n) is 7.33. The third-order valence-electron chi connectivity index (χ3n) is 2.74. The molecule has 1 aromatic heterocycles. The molecule has 0 aliphatic rings. The third kappa shape index (κ3) is 6.82. The van der Waals surface area contributed by atoms with E-state index in [0.717, 1.165) is 38.0 Å². The van der Waals surface area contributed by atoms with Crippen LogP contribution < -0.4 is 10.1 Å². The van der Waals surface area contributed by atoms with E-state index in [2.05, 4.69) is 24.1 Å². The summed E-state index contributed by atoms with van der Waals surface area (Å²) < 4.78 is 24.2. The van der Waals surface area contributed by atoms with E-state index in [1.807, 2.05) is 0 Å². The largest absolute Gasteiger partial charge is 0.475 e. The SMILES string of the molecule is CCCCOCCOc1ncc(F)cc1CNCCC. The molecule has 0 radical (unpaired) electrons. The van der Waals surface area contributed by atoms with Crippen LogP contribution in [0.3, 0.4) is 0 Å². The summed E-state index contributed by atoms with van der Waals surface area (Å²) in [4.78, 5) is 4.00. The summed E-state index contributed by atoms with van der Waals surface area (Å²) in [6.07, 6.45) is 4.38. The number of unbranched alkanes of at least 4 members (excludes halogenated alkanes) is 1. The fourth-order valence-electron chi connectivity index (χ4n) is 1.67. The topological polar surface area (TPSA) is 43.4 Å². The van der Waals surface area contributed by atoms with E-state index in [1.54, 1.807) is 0 Å². The van der Waals surface area contributed by atoms with Crippen molar-refractivity contribution in [3.05, 3.63) is 23.6 Å². The zero-order valence-corrected chi connectivity index (χ0v) is 12.5. The molecule has 1 rings (SSSR count). The van der Waals surface area contributed by atoms with Gasteiger partial charge in [0.1, 0.15) is 12.4 Å². The highest BCUT2D eigenvalue weighted by Crippen LogP contribution is 2.16. The standard InChI is InChI=1S/C15H25FN2O2/c1-3-5-7-19-8-9-20-15-13(11-17-6-4-2)10-14(16)12-18-15/h10,12,17H,3-9,11H2,1-2H3. The molecule has 20 heavy (non-hydrogen) atoms. The van der Waals surface area contributed by atoms with Gasteiger partial charge in [0.2, 0.25) is 5.88 Å².